The van der Waals surface area contributed by atoms with Gasteiger partial charge in [-0.25, -0.2) is 0 Å². The Morgan fingerprint density at radius 3 is 2.10 bits per heavy atom. The highest BCUT2D eigenvalue weighted by Gasteiger charge is 2.35. The van der Waals surface area contributed by atoms with Gasteiger partial charge in [-0.3, -0.25) is 0 Å². The second-order valence-corrected chi connectivity index (χ2v) is 7.70. The number of rotatable bonds is 11. The molecule has 2 fully saturated rings. The van der Waals surface area contributed by atoms with Gasteiger partial charge in [0.15, 0.2) is 0 Å². The van der Waals surface area contributed by atoms with Gasteiger partial charge in [-0.2, -0.15) is 0 Å². The van der Waals surface area contributed by atoms with E-state index in [4.69, 9.17) is 0 Å². The van der Waals surface area contributed by atoms with Gasteiger partial charge in [-0.05, 0) is 57.0 Å². The summed E-state index contributed by atoms with van der Waals surface area (Å²) in [6.07, 6.45) is 15.6. The molecule has 2 saturated carbocycles. The SMILES string of the molecule is CCCCN(CCCC)CC1(CNC2CC2)CCCCC1. The third-order valence-corrected chi connectivity index (χ3v) is 5.47. The molecule has 0 radical (unpaired) electrons. The Morgan fingerprint density at radius 2 is 1.57 bits per heavy atom. The molecule has 0 spiro atoms. The van der Waals surface area contributed by atoms with E-state index in [-0.39, 0.29) is 0 Å². The second-order valence-electron chi connectivity index (χ2n) is 7.70. The molecular weight excluding hydrogens is 256 g/mol. The maximum Gasteiger partial charge on any atom is 0.00684 e. The molecular formula is C19H38N2. The van der Waals surface area contributed by atoms with Gasteiger partial charge in [-0.1, -0.05) is 46.0 Å². The first kappa shape index (κ1) is 17.3. The van der Waals surface area contributed by atoms with Crippen LogP contribution in [0, 0.1) is 5.41 Å². The fourth-order valence-corrected chi connectivity index (χ4v) is 3.85. The van der Waals surface area contributed by atoms with E-state index in [0.29, 0.717) is 5.41 Å². The molecule has 0 aromatic carbocycles. The van der Waals surface area contributed by atoms with Crippen molar-refractivity contribution in [1.29, 1.82) is 0 Å². The molecule has 2 aliphatic rings. The van der Waals surface area contributed by atoms with Crippen LogP contribution in [-0.2, 0) is 0 Å². The zero-order valence-electron chi connectivity index (χ0n) is 14.6. The lowest BCUT2D eigenvalue weighted by molar-refractivity contribution is 0.0994. The average Bonchev–Trinajstić information content (AvgIpc) is 3.33. The molecule has 2 aliphatic carbocycles. The normalized spacial score (nSPS) is 21.9. The van der Waals surface area contributed by atoms with E-state index in [0.717, 1.165) is 6.04 Å². The highest BCUT2D eigenvalue weighted by molar-refractivity contribution is 4.91. The van der Waals surface area contributed by atoms with E-state index >= 15 is 0 Å². The molecule has 0 heterocycles. The fraction of sp³-hybridized carbons (Fsp3) is 1.00. The Kier molecular flexibility index (Phi) is 7.53. The second kappa shape index (κ2) is 9.15. The Morgan fingerprint density at radius 1 is 0.952 bits per heavy atom. The van der Waals surface area contributed by atoms with Gasteiger partial charge in [0.25, 0.3) is 0 Å². The molecule has 2 nitrogen and oxygen atoms in total. The Labute approximate surface area is 133 Å². The van der Waals surface area contributed by atoms with Gasteiger partial charge in [0.05, 0.1) is 0 Å². The lowest BCUT2D eigenvalue weighted by Gasteiger charge is -2.42. The monoisotopic (exact) mass is 294 g/mol. The minimum atomic E-state index is 0.586. The van der Waals surface area contributed by atoms with E-state index < -0.39 is 0 Å². The van der Waals surface area contributed by atoms with Crippen LogP contribution in [0.3, 0.4) is 0 Å². The number of unbranched alkanes of at least 4 members (excludes halogenated alkanes) is 2. The van der Waals surface area contributed by atoms with E-state index in [9.17, 15) is 0 Å². The quantitative estimate of drug-likeness (QED) is 0.599. The van der Waals surface area contributed by atoms with Crippen LogP contribution in [0.1, 0.15) is 84.5 Å². The number of nitrogens with one attached hydrogen (secondary N) is 1. The van der Waals surface area contributed by atoms with Gasteiger partial charge >= 0.3 is 0 Å². The third-order valence-electron chi connectivity index (χ3n) is 5.47. The topological polar surface area (TPSA) is 15.3 Å². The van der Waals surface area contributed by atoms with E-state index in [1.54, 1.807) is 0 Å². The van der Waals surface area contributed by atoms with E-state index in [2.05, 4.69) is 24.1 Å². The molecule has 2 heteroatoms. The first-order chi connectivity index (χ1) is 10.3. The van der Waals surface area contributed by atoms with Crippen LogP contribution >= 0.6 is 0 Å². The van der Waals surface area contributed by atoms with Crippen molar-refractivity contribution in [1.82, 2.24) is 10.2 Å². The number of nitrogens with zero attached hydrogens (tertiary/aromatic N) is 1. The molecule has 0 amide bonds. The van der Waals surface area contributed by atoms with Crippen LogP contribution < -0.4 is 5.32 Å². The fourth-order valence-electron chi connectivity index (χ4n) is 3.85. The van der Waals surface area contributed by atoms with Crippen molar-refractivity contribution in [2.24, 2.45) is 5.41 Å². The maximum absolute atomic E-state index is 3.86. The maximum atomic E-state index is 3.86. The third kappa shape index (κ3) is 6.28. The lowest BCUT2D eigenvalue weighted by Crippen LogP contribution is -2.46. The molecule has 0 bridgehead atoms. The van der Waals surface area contributed by atoms with Crippen LogP contribution in [0.5, 0.6) is 0 Å². The summed E-state index contributed by atoms with van der Waals surface area (Å²) in [6.45, 7) is 9.93. The van der Waals surface area contributed by atoms with Crippen molar-refractivity contribution < 1.29 is 0 Å². The predicted molar refractivity (Wildman–Crippen MR) is 92.8 cm³/mol. The molecule has 0 saturated heterocycles. The molecule has 21 heavy (non-hydrogen) atoms. The molecule has 0 atom stereocenters. The minimum Gasteiger partial charge on any atom is -0.313 e. The molecule has 2 rings (SSSR count). The Hall–Kier alpha value is -0.0800. The van der Waals surface area contributed by atoms with Crippen molar-refractivity contribution in [3.05, 3.63) is 0 Å². The molecule has 1 N–H and O–H groups in total. The highest BCUT2D eigenvalue weighted by Crippen LogP contribution is 2.37. The summed E-state index contributed by atoms with van der Waals surface area (Å²) in [6, 6.07) is 0.864. The van der Waals surface area contributed by atoms with Crippen molar-refractivity contribution in [3.63, 3.8) is 0 Å². The van der Waals surface area contributed by atoms with Gasteiger partial charge in [0, 0.05) is 19.1 Å². The zero-order chi connectivity index (χ0) is 15.0. The summed E-state index contributed by atoms with van der Waals surface area (Å²) in [5.74, 6) is 0. The summed E-state index contributed by atoms with van der Waals surface area (Å²) >= 11 is 0. The van der Waals surface area contributed by atoms with Crippen molar-refractivity contribution in [2.45, 2.75) is 90.5 Å². The van der Waals surface area contributed by atoms with Crippen LogP contribution in [0.4, 0.5) is 0 Å². The van der Waals surface area contributed by atoms with Crippen molar-refractivity contribution in [2.75, 3.05) is 26.2 Å². The van der Waals surface area contributed by atoms with E-state index in [1.807, 2.05) is 0 Å². The highest BCUT2D eigenvalue weighted by atomic mass is 15.1. The molecule has 0 unspecified atom stereocenters. The zero-order valence-corrected chi connectivity index (χ0v) is 14.6. The smallest absolute Gasteiger partial charge is 0.00684 e. The lowest BCUT2D eigenvalue weighted by atomic mass is 9.73. The number of hydrogen-bond donors (Lipinski definition) is 1. The standard InChI is InChI=1S/C19H38N2/c1-3-5-14-21(15-6-4-2)17-19(12-8-7-9-13-19)16-20-18-10-11-18/h18,20H,3-17H2,1-2H3. The molecule has 0 aromatic heterocycles. The van der Waals surface area contributed by atoms with Crippen molar-refractivity contribution >= 4 is 0 Å². The number of hydrogen-bond acceptors (Lipinski definition) is 2. The van der Waals surface area contributed by atoms with Gasteiger partial charge in [0.2, 0.25) is 0 Å². The Balaban J connectivity index is 1.88. The summed E-state index contributed by atoms with van der Waals surface area (Å²) in [4.78, 5) is 2.80. The van der Waals surface area contributed by atoms with Crippen LogP contribution in [0.25, 0.3) is 0 Å². The first-order valence-electron chi connectivity index (χ1n) is 9.74. The average molecular weight is 295 g/mol. The van der Waals surface area contributed by atoms with Gasteiger partial charge in [0.1, 0.15) is 0 Å². The molecule has 0 aromatic rings. The van der Waals surface area contributed by atoms with Crippen molar-refractivity contribution in [3.8, 4) is 0 Å². The summed E-state index contributed by atoms with van der Waals surface area (Å²) < 4.78 is 0. The van der Waals surface area contributed by atoms with Gasteiger partial charge < -0.3 is 10.2 Å². The molecule has 124 valence electrons. The summed E-state index contributed by atoms with van der Waals surface area (Å²) in [5.41, 5.74) is 0.586. The predicted octanol–water partition coefficient (Wildman–Crippen LogP) is 4.59. The summed E-state index contributed by atoms with van der Waals surface area (Å²) in [7, 11) is 0. The first-order valence-corrected chi connectivity index (χ1v) is 9.74. The Bertz CT molecular complexity index is 259. The molecule has 0 aliphatic heterocycles. The minimum absolute atomic E-state index is 0.586. The van der Waals surface area contributed by atoms with Gasteiger partial charge in [-0.15, -0.1) is 0 Å². The van der Waals surface area contributed by atoms with E-state index in [1.165, 1.54) is 96.8 Å². The summed E-state index contributed by atoms with van der Waals surface area (Å²) in [5, 5.41) is 3.86. The van der Waals surface area contributed by atoms with Crippen LogP contribution in [0.2, 0.25) is 0 Å². The largest absolute Gasteiger partial charge is 0.313 e. The van der Waals surface area contributed by atoms with Crippen LogP contribution in [0.15, 0.2) is 0 Å². The van der Waals surface area contributed by atoms with Crippen LogP contribution in [-0.4, -0.2) is 37.1 Å².